The van der Waals surface area contributed by atoms with Crippen molar-refractivity contribution in [1.29, 1.82) is 0 Å². The number of hydrogen-bond donors (Lipinski definition) is 5. The smallest absolute Gasteiger partial charge is 0.365 e. The minimum Gasteiger partial charge on any atom is -0.365 e. The minimum absolute atomic E-state index is 2.91. The zero-order chi connectivity index (χ0) is 16.4. The van der Waals surface area contributed by atoms with Gasteiger partial charge in [0.1, 0.15) is 0 Å². The largest absolute Gasteiger partial charge is 0.399 e. The van der Waals surface area contributed by atoms with E-state index < -0.39 is 49.9 Å². The summed E-state index contributed by atoms with van der Waals surface area (Å²) in [6, 6.07) is 0. The summed E-state index contributed by atoms with van der Waals surface area (Å²) < 4.78 is 96.5. The first-order valence-corrected chi connectivity index (χ1v) is 8.03. The van der Waals surface area contributed by atoms with E-state index in [0.29, 0.717) is 0 Å². The van der Waals surface area contributed by atoms with Gasteiger partial charge in [-0.25, -0.2) is 12.5 Å². The van der Waals surface area contributed by atoms with Crippen LogP contribution in [0.15, 0.2) is 0 Å². The molecule has 0 radical (unpaired) electrons. The normalized spacial score (nSPS) is 18.4. The quantitative estimate of drug-likeness (QED) is 0.207. The molecule has 0 saturated heterocycles. The van der Waals surface area contributed by atoms with Crippen LogP contribution in [0.5, 0.6) is 0 Å². The van der Waals surface area contributed by atoms with E-state index in [1.54, 1.807) is 0 Å². The summed E-state index contributed by atoms with van der Waals surface area (Å²) in [7, 11) is -16.2. The van der Waals surface area contributed by atoms with Gasteiger partial charge in [0.25, 0.3) is 0 Å². The van der Waals surface area contributed by atoms with Gasteiger partial charge in [-0.1, -0.05) is 0 Å². The van der Waals surface area contributed by atoms with Gasteiger partial charge in [0.05, 0.1) is 0 Å². The molecule has 0 saturated carbocycles. The average Bonchev–Trinajstić information content (AvgIpc) is 2.06. The molecule has 0 aromatic heterocycles. The van der Waals surface area contributed by atoms with Crippen LogP contribution < -0.4 is 0 Å². The van der Waals surface area contributed by atoms with Gasteiger partial charge < -0.3 is 10.2 Å². The van der Waals surface area contributed by atoms with Crippen LogP contribution in [-0.2, 0) is 43.7 Å². The monoisotopic (exact) mass is 364 g/mol. The molecule has 20 heavy (non-hydrogen) atoms. The van der Waals surface area contributed by atoms with E-state index >= 15 is 0 Å². The molecule has 0 bridgehead atoms. The van der Waals surface area contributed by atoms with Crippen LogP contribution in [0.4, 0.5) is 0 Å². The summed E-state index contributed by atoms with van der Waals surface area (Å²) in [4.78, 5) is 0. The topological polar surface area (TPSA) is 231 Å². The number of rotatable bonds is 8. The van der Waals surface area contributed by atoms with Crippen molar-refractivity contribution >= 4 is 31.2 Å². The zero-order valence-electron chi connectivity index (χ0n) is 8.87. The Kier molecular flexibility index (Phi) is 6.38. The van der Waals surface area contributed by atoms with Gasteiger partial charge in [0.2, 0.25) is 12.6 Å². The van der Waals surface area contributed by atoms with E-state index in [2.05, 4.69) is 12.5 Å². The summed E-state index contributed by atoms with van der Waals surface area (Å²) in [5, 5.41) is 18.0. The van der Waals surface area contributed by atoms with E-state index in [4.69, 9.17) is 23.9 Å². The Labute approximate surface area is 112 Å². The van der Waals surface area contributed by atoms with Crippen LogP contribution in [-0.4, -0.2) is 67.8 Å². The van der Waals surface area contributed by atoms with Crippen LogP contribution in [0.2, 0.25) is 0 Å². The van der Waals surface area contributed by atoms with Crippen LogP contribution >= 0.6 is 0 Å². The van der Waals surface area contributed by atoms with Gasteiger partial charge >= 0.3 is 31.2 Å². The molecule has 0 rings (SSSR count). The predicted octanol–water partition coefficient (Wildman–Crippen LogP) is -3.55. The maximum absolute atomic E-state index is 10.4. The van der Waals surface area contributed by atoms with Gasteiger partial charge in [0.15, 0.2) is 6.10 Å². The highest BCUT2D eigenvalue weighted by molar-refractivity contribution is 7.81. The van der Waals surface area contributed by atoms with E-state index in [1.165, 1.54) is 0 Å². The predicted molar refractivity (Wildman–Crippen MR) is 53.7 cm³/mol. The molecule has 5 N–H and O–H groups in total. The summed E-state index contributed by atoms with van der Waals surface area (Å²) in [6.45, 7) is 0. The Bertz CT molecular complexity index is 571. The van der Waals surface area contributed by atoms with Crippen molar-refractivity contribution < 1.29 is 61.7 Å². The lowest BCUT2D eigenvalue weighted by molar-refractivity contribution is -0.182. The second-order valence-corrected chi connectivity index (χ2v) is 5.96. The third-order valence-corrected chi connectivity index (χ3v) is 2.58. The van der Waals surface area contributed by atoms with Crippen LogP contribution in [0.1, 0.15) is 0 Å². The Balaban J connectivity index is 5.27. The fourth-order valence-corrected chi connectivity index (χ4v) is 1.92. The number of aliphatic hydroxyl groups excluding tert-OH is 2. The van der Waals surface area contributed by atoms with Crippen LogP contribution in [0.25, 0.3) is 0 Å². The van der Waals surface area contributed by atoms with Crippen molar-refractivity contribution in [3.8, 4) is 0 Å². The van der Waals surface area contributed by atoms with Gasteiger partial charge in [-0.15, -0.1) is 0 Å². The molecule has 0 heterocycles. The first kappa shape index (κ1) is 19.5. The van der Waals surface area contributed by atoms with Crippen LogP contribution in [0.3, 0.4) is 0 Å². The van der Waals surface area contributed by atoms with Crippen molar-refractivity contribution in [1.82, 2.24) is 0 Å². The standard InChI is InChI=1S/C3H8O14S3/c4-2(16-19(9,10)11)1(15-18(6,7)8)3(5)17-20(12,13)14/h1-5H,(H,6,7,8)(H,9,10,11)(H,12,13,14). The molecular formula is C3H8O14S3. The Morgan fingerprint density at radius 1 is 0.600 bits per heavy atom. The third-order valence-electron chi connectivity index (χ3n) is 1.24. The lowest BCUT2D eigenvalue weighted by Crippen LogP contribution is -2.45. The lowest BCUT2D eigenvalue weighted by Gasteiger charge is -2.23. The first-order valence-electron chi connectivity index (χ1n) is 3.94. The number of aliphatic hydroxyl groups is 2. The number of hydrogen-bond acceptors (Lipinski definition) is 11. The molecule has 17 heteroatoms. The second-order valence-electron chi connectivity index (χ2n) is 2.82. The fourth-order valence-electron chi connectivity index (χ4n) is 0.735. The summed E-state index contributed by atoms with van der Waals surface area (Å²) >= 11 is 0. The van der Waals surface area contributed by atoms with Crippen molar-refractivity contribution in [2.24, 2.45) is 0 Å². The van der Waals surface area contributed by atoms with E-state index in [0.717, 1.165) is 0 Å². The molecule has 0 aliphatic heterocycles. The maximum Gasteiger partial charge on any atom is 0.399 e. The molecule has 0 amide bonds. The zero-order valence-corrected chi connectivity index (χ0v) is 11.3. The third kappa shape index (κ3) is 9.44. The minimum atomic E-state index is -5.46. The molecule has 0 fully saturated rings. The molecular weight excluding hydrogens is 356 g/mol. The van der Waals surface area contributed by atoms with Gasteiger partial charge in [0, 0.05) is 0 Å². The van der Waals surface area contributed by atoms with Crippen molar-refractivity contribution in [2.45, 2.75) is 18.7 Å². The SMILES string of the molecule is O=S(=O)(O)OC(O)C(OS(=O)(=O)O)C(O)OS(=O)(=O)O. The molecule has 122 valence electrons. The van der Waals surface area contributed by atoms with Crippen molar-refractivity contribution in [3.05, 3.63) is 0 Å². The van der Waals surface area contributed by atoms with E-state index in [1.807, 2.05) is 0 Å². The molecule has 2 unspecified atom stereocenters. The first-order chi connectivity index (χ1) is 8.61. The average molecular weight is 364 g/mol. The van der Waals surface area contributed by atoms with Crippen LogP contribution in [0, 0.1) is 0 Å². The Morgan fingerprint density at radius 3 is 1.05 bits per heavy atom. The highest BCUT2D eigenvalue weighted by Crippen LogP contribution is 2.14. The maximum atomic E-state index is 10.4. The van der Waals surface area contributed by atoms with Gasteiger partial charge in [-0.05, 0) is 0 Å². The van der Waals surface area contributed by atoms with Gasteiger partial charge in [-0.2, -0.15) is 25.3 Å². The molecule has 0 spiro atoms. The fraction of sp³-hybridized carbons (Fsp3) is 1.00. The molecule has 14 nitrogen and oxygen atoms in total. The molecule has 0 aliphatic rings. The van der Waals surface area contributed by atoms with Gasteiger partial charge in [-0.3, -0.25) is 13.7 Å². The summed E-state index contributed by atoms with van der Waals surface area (Å²) in [5.74, 6) is 0. The van der Waals surface area contributed by atoms with E-state index in [9.17, 15) is 25.3 Å². The summed E-state index contributed by atoms with van der Waals surface area (Å²) in [5.41, 5.74) is 0. The van der Waals surface area contributed by atoms with Crippen molar-refractivity contribution in [3.63, 3.8) is 0 Å². The Hall–Kier alpha value is -0.470. The molecule has 0 aromatic rings. The molecule has 0 aliphatic carbocycles. The highest BCUT2D eigenvalue weighted by Gasteiger charge is 2.38. The van der Waals surface area contributed by atoms with E-state index in [-0.39, 0.29) is 0 Å². The lowest BCUT2D eigenvalue weighted by atomic mass is 10.3. The van der Waals surface area contributed by atoms with Crippen molar-refractivity contribution in [2.75, 3.05) is 0 Å². The molecule has 2 atom stereocenters. The second kappa shape index (κ2) is 6.53. The highest BCUT2D eigenvalue weighted by atomic mass is 32.3. The molecule has 0 aromatic carbocycles. The summed E-state index contributed by atoms with van der Waals surface area (Å²) in [6.07, 6.45) is -8.99. The Morgan fingerprint density at radius 2 is 0.850 bits per heavy atom.